The molecule has 160 valence electrons. The van der Waals surface area contributed by atoms with Gasteiger partial charge in [0.05, 0.1) is 5.56 Å². The molecule has 3 rings (SSSR count). The zero-order valence-electron chi connectivity index (χ0n) is 17.0. The third kappa shape index (κ3) is 6.33. The second-order valence-electron chi connectivity index (χ2n) is 8.78. The molecule has 1 saturated carbocycles. The van der Waals surface area contributed by atoms with E-state index in [4.69, 9.17) is 5.73 Å². The van der Waals surface area contributed by atoms with Gasteiger partial charge in [-0.2, -0.15) is 0 Å². The first kappa shape index (κ1) is 21.9. The molecule has 0 spiro atoms. The van der Waals surface area contributed by atoms with Crippen LogP contribution in [0.3, 0.4) is 0 Å². The van der Waals surface area contributed by atoms with Crippen molar-refractivity contribution in [1.29, 1.82) is 0 Å². The number of nitrogens with two attached hydrogens (primary N) is 1. The number of carbonyl (C=O) groups excluding carboxylic acids is 2. The van der Waals surface area contributed by atoms with Crippen molar-refractivity contribution in [2.45, 2.75) is 57.8 Å². The quantitative estimate of drug-likeness (QED) is 0.654. The number of halogens is 2. The number of hydrogen-bond donors (Lipinski definition) is 1. The van der Waals surface area contributed by atoms with Gasteiger partial charge in [0.25, 0.3) is 0 Å². The van der Waals surface area contributed by atoms with Crippen molar-refractivity contribution in [3.05, 3.63) is 35.4 Å². The van der Waals surface area contributed by atoms with Crippen molar-refractivity contribution in [2.75, 3.05) is 19.6 Å². The highest BCUT2D eigenvalue weighted by atomic mass is 19.1. The second-order valence-corrected chi connectivity index (χ2v) is 8.78. The van der Waals surface area contributed by atoms with E-state index in [-0.39, 0.29) is 23.2 Å². The Balaban J connectivity index is 1.36. The van der Waals surface area contributed by atoms with Crippen LogP contribution in [-0.4, -0.2) is 36.2 Å². The molecule has 1 amide bonds. The van der Waals surface area contributed by atoms with Crippen molar-refractivity contribution in [3.63, 3.8) is 0 Å². The molecule has 0 radical (unpaired) electrons. The molecule has 6 heteroatoms. The fraction of sp³-hybridized carbons (Fsp3) is 0.652. The second kappa shape index (κ2) is 10.3. The molecular weight excluding hydrogens is 374 g/mol. The Morgan fingerprint density at radius 1 is 0.966 bits per heavy atom. The van der Waals surface area contributed by atoms with Gasteiger partial charge in [-0.3, -0.25) is 9.59 Å². The fourth-order valence-electron chi connectivity index (χ4n) is 4.85. The summed E-state index contributed by atoms with van der Waals surface area (Å²) >= 11 is 0. The lowest BCUT2D eigenvalue weighted by molar-refractivity contribution is -0.118. The number of amides is 1. The third-order valence-corrected chi connectivity index (χ3v) is 6.77. The number of primary amides is 1. The van der Waals surface area contributed by atoms with E-state index in [2.05, 4.69) is 4.90 Å². The Kier molecular flexibility index (Phi) is 7.76. The molecular formula is C23H32F2N2O2. The molecule has 2 fully saturated rings. The minimum absolute atomic E-state index is 0.0120. The number of Topliss-reactive ketones (excluding diaryl/α,β-unsaturated/α-hetero) is 1. The maximum absolute atomic E-state index is 13.9. The monoisotopic (exact) mass is 406 g/mol. The van der Waals surface area contributed by atoms with Gasteiger partial charge in [-0.1, -0.05) is 25.7 Å². The zero-order valence-corrected chi connectivity index (χ0v) is 17.0. The van der Waals surface area contributed by atoms with Crippen LogP contribution < -0.4 is 5.73 Å². The lowest BCUT2D eigenvalue weighted by Crippen LogP contribution is -2.37. The highest BCUT2D eigenvalue weighted by Crippen LogP contribution is 2.33. The van der Waals surface area contributed by atoms with Gasteiger partial charge < -0.3 is 10.6 Å². The lowest BCUT2D eigenvalue weighted by atomic mass is 9.78. The summed E-state index contributed by atoms with van der Waals surface area (Å²) in [6, 6.07) is 3.19. The number of hydrogen-bond acceptors (Lipinski definition) is 3. The first-order valence-corrected chi connectivity index (χ1v) is 10.9. The van der Waals surface area contributed by atoms with Gasteiger partial charge in [0.15, 0.2) is 5.78 Å². The van der Waals surface area contributed by atoms with Crippen LogP contribution in [0.2, 0.25) is 0 Å². The number of carbonyl (C=O) groups is 2. The van der Waals surface area contributed by atoms with Crippen molar-refractivity contribution >= 4 is 11.7 Å². The highest BCUT2D eigenvalue weighted by molar-refractivity contribution is 5.98. The van der Waals surface area contributed by atoms with E-state index in [1.807, 2.05) is 0 Å². The Labute approximate surface area is 171 Å². The summed E-state index contributed by atoms with van der Waals surface area (Å²) < 4.78 is 26.9. The van der Waals surface area contributed by atoms with Crippen LogP contribution >= 0.6 is 0 Å². The van der Waals surface area contributed by atoms with Gasteiger partial charge in [-0.25, -0.2) is 8.78 Å². The van der Waals surface area contributed by atoms with Gasteiger partial charge in [-0.15, -0.1) is 0 Å². The molecule has 1 aliphatic heterocycles. The number of piperidine rings is 1. The Bertz CT molecular complexity index is 709. The molecule has 2 aliphatic rings. The molecule has 1 aromatic carbocycles. The van der Waals surface area contributed by atoms with Crippen LogP contribution in [0.1, 0.15) is 68.1 Å². The van der Waals surface area contributed by atoms with Gasteiger partial charge in [0, 0.05) is 18.4 Å². The molecule has 1 saturated heterocycles. The smallest absolute Gasteiger partial charge is 0.217 e. The largest absolute Gasteiger partial charge is 0.370 e. The van der Waals surface area contributed by atoms with E-state index in [1.165, 1.54) is 38.2 Å². The van der Waals surface area contributed by atoms with Gasteiger partial charge in [-0.05, 0) is 69.3 Å². The molecule has 4 nitrogen and oxygen atoms in total. The van der Waals surface area contributed by atoms with Crippen LogP contribution in [-0.2, 0) is 4.79 Å². The van der Waals surface area contributed by atoms with Crippen molar-refractivity contribution in [1.82, 2.24) is 4.90 Å². The number of benzene rings is 1. The van der Waals surface area contributed by atoms with Crippen LogP contribution in [0.25, 0.3) is 0 Å². The molecule has 0 bridgehead atoms. The summed E-state index contributed by atoms with van der Waals surface area (Å²) in [6.07, 6.45) is 8.90. The summed E-state index contributed by atoms with van der Waals surface area (Å²) in [5.41, 5.74) is 5.25. The van der Waals surface area contributed by atoms with Crippen molar-refractivity contribution in [2.24, 2.45) is 23.5 Å². The topological polar surface area (TPSA) is 63.4 Å². The molecule has 1 aliphatic carbocycles. The van der Waals surface area contributed by atoms with E-state index in [9.17, 15) is 18.4 Å². The lowest BCUT2D eigenvalue weighted by Gasteiger charge is -2.34. The number of rotatable bonds is 8. The predicted molar refractivity (Wildman–Crippen MR) is 108 cm³/mol. The normalized spacial score (nSPS) is 23.8. The zero-order chi connectivity index (χ0) is 20.8. The Hall–Kier alpha value is -1.82. The maximum atomic E-state index is 13.9. The minimum atomic E-state index is -0.760. The predicted octanol–water partition coefficient (Wildman–Crippen LogP) is 4.32. The first-order chi connectivity index (χ1) is 13.9. The number of nitrogens with zero attached hydrogens (tertiary/aromatic N) is 1. The van der Waals surface area contributed by atoms with E-state index in [0.29, 0.717) is 12.3 Å². The van der Waals surface area contributed by atoms with E-state index >= 15 is 0 Å². The van der Waals surface area contributed by atoms with Gasteiger partial charge in [0.1, 0.15) is 11.6 Å². The molecule has 1 heterocycles. The fourth-order valence-corrected chi connectivity index (χ4v) is 4.85. The highest BCUT2D eigenvalue weighted by Gasteiger charge is 2.28. The maximum Gasteiger partial charge on any atom is 0.217 e. The summed E-state index contributed by atoms with van der Waals surface area (Å²) in [5, 5.41) is 0. The minimum Gasteiger partial charge on any atom is -0.370 e. The van der Waals surface area contributed by atoms with Crippen LogP contribution in [0.5, 0.6) is 0 Å². The summed E-state index contributed by atoms with van der Waals surface area (Å²) in [4.78, 5) is 25.9. The summed E-state index contributed by atoms with van der Waals surface area (Å²) in [5.74, 6) is -0.598. The summed E-state index contributed by atoms with van der Waals surface area (Å²) in [7, 11) is 0. The standard InChI is InChI=1S/C23H32F2N2O2/c24-19-6-7-20(21(25)15-19)23(29)18-10-13-27(14-11-18)12-9-17-3-1-16(2-4-17)5-8-22(26)28/h6-7,15-18H,1-5,8-14H2,(H2,26,28). The van der Waals surface area contributed by atoms with Gasteiger partial charge >= 0.3 is 0 Å². The van der Waals surface area contributed by atoms with Crippen molar-refractivity contribution < 1.29 is 18.4 Å². The molecule has 0 unspecified atom stereocenters. The van der Waals surface area contributed by atoms with E-state index in [1.54, 1.807) is 0 Å². The molecule has 2 N–H and O–H groups in total. The molecule has 1 aromatic rings. The van der Waals surface area contributed by atoms with Crippen LogP contribution in [0, 0.1) is 29.4 Å². The van der Waals surface area contributed by atoms with E-state index < -0.39 is 11.6 Å². The van der Waals surface area contributed by atoms with Crippen LogP contribution in [0.15, 0.2) is 18.2 Å². The molecule has 29 heavy (non-hydrogen) atoms. The average Bonchev–Trinajstić information content (AvgIpc) is 2.71. The average molecular weight is 407 g/mol. The Morgan fingerprint density at radius 3 is 2.17 bits per heavy atom. The number of ketones is 1. The summed E-state index contributed by atoms with van der Waals surface area (Å²) in [6.45, 7) is 2.75. The van der Waals surface area contributed by atoms with E-state index in [0.717, 1.165) is 56.9 Å². The first-order valence-electron chi connectivity index (χ1n) is 10.9. The Morgan fingerprint density at radius 2 is 1.59 bits per heavy atom. The SMILES string of the molecule is NC(=O)CCC1CCC(CCN2CCC(C(=O)c3ccc(F)cc3F)CC2)CC1. The molecule has 0 atom stereocenters. The number of likely N-dealkylation sites (tertiary alicyclic amines) is 1. The third-order valence-electron chi connectivity index (χ3n) is 6.77. The molecule has 0 aromatic heterocycles. The van der Waals surface area contributed by atoms with Gasteiger partial charge in [0.2, 0.25) is 5.91 Å². The van der Waals surface area contributed by atoms with Crippen LogP contribution in [0.4, 0.5) is 8.78 Å². The van der Waals surface area contributed by atoms with Crippen molar-refractivity contribution in [3.8, 4) is 0 Å².